The van der Waals surface area contributed by atoms with Crippen LogP contribution in [-0.2, 0) is 12.0 Å². The molecular formula is C17H24N6O3. The average Bonchev–Trinajstić information content (AvgIpc) is 3.01. The van der Waals surface area contributed by atoms with E-state index in [4.69, 9.17) is 9.05 Å². The van der Waals surface area contributed by atoms with Gasteiger partial charge in [-0.15, -0.1) is 0 Å². The normalized spacial score (nSPS) is 21.3. The van der Waals surface area contributed by atoms with Crippen molar-refractivity contribution in [3.05, 3.63) is 23.4 Å². The van der Waals surface area contributed by atoms with Crippen LogP contribution in [0.25, 0.3) is 0 Å². The number of hydrogen-bond acceptors (Lipinski definition) is 8. The number of nitrogens with one attached hydrogen (secondary N) is 1. The van der Waals surface area contributed by atoms with E-state index in [1.807, 2.05) is 20.8 Å². The lowest BCUT2D eigenvalue weighted by molar-refractivity contribution is 0.0937. The first kappa shape index (κ1) is 17.1. The van der Waals surface area contributed by atoms with Crippen molar-refractivity contribution in [3.8, 4) is 0 Å². The molecule has 1 atom stereocenters. The fraction of sp³-hybridized carbons (Fsp3) is 0.706. The quantitative estimate of drug-likeness (QED) is 0.862. The summed E-state index contributed by atoms with van der Waals surface area (Å²) in [5, 5.41) is 10.8. The van der Waals surface area contributed by atoms with Gasteiger partial charge in [-0.2, -0.15) is 9.97 Å². The largest absolute Gasteiger partial charge is 0.346 e. The zero-order valence-electron chi connectivity index (χ0n) is 15.4. The fourth-order valence-corrected chi connectivity index (χ4v) is 3.03. The molecule has 2 aromatic rings. The minimum Gasteiger partial charge on any atom is -0.346 e. The van der Waals surface area contributed by atoms with Crippen LogP contribution < -0.4 is 5.32 Å². The molecule has 1 aliphatic heterocycles. The summed E-state index contributed by atoms with van der Waals surface area (Å²) in [4.78, 5) is 23.0. The highest BCUT2D eigenvalue weighted by Crippen LogP contribution is 2.32. The van der Waals surface area contributed by atoms with Crippen molar-refractivity contribution in [2.24, 2.45) is 0 Å². The minimum atomic E-state index is -0.265. The molecule has 0 aromatic carbocycles. The van der Waals surface area contributed by atoms with Gasteiger partial charge in [-0.3, -0.25) is 9.69 Å². The molecular weight excluding hydrogens is 336 g/mol. The molecule has 26 heavy (non-hydrogen) atoms. The van der Waals surface area contributed by atoms with E-state index in [1.54, 1.807) is 0 Å². The maximum absolute atomic E-state index is 12.0. The van der Waals surface area contributed by atoms with Crippen molar-refractivity contribution < 1.29 is 13.8 Å². The third kappa shape index (κ3) is 3.62. The number of rotatable bonds is 5. The van der Waals surface area contributed by atoms with Gasteiger partial charge in [0.1, 0.15) is 0 Å². The Hall–Kier alpha value is -2.29. The first-order valence-electron chi connectivity index (χ1n) is 9.12. The Morgan fingerprint density at radius 1 is 1.19 bits per heavy atom. The highest BCUT2D eigenvalue weighted by Gasteiger charge is 2.34. The van der Waals surface area contributed by atoms with E-state index >= 15 is 0 Å². The molecule has 0 spiro atoms. The van der Waals surface area contributed by atoms with Gasteiger partial charge >= 0.3 is 0 Å². The average molecular weight is 360 g/mol. The molecule has 9 heteroatoms. The molecule has 1 amide bonds. The molecule has 2 fully saturated rings. The van der Waals surface area contributed by atoms with Crippen molar-refractivity contribution >= 4 is 5.91 Å². The lowest BCUT2D eigenvalue weighted by Crippen LogP contribution is -2.27. The Balaban J connectivity index is 1.44. The van der Waals surface area contributed by atoms with Gasteiger partial charge in [0.2, 0.25) is 11.8 Å². The van der Waals surface area contributed by atoms with Crippen LogP contribution in [-0.4, -0.2) is 43.7 Å². The number of aromatic nitrogens is 4. The lowest BCUT2D eigenvalue weighted by atomic mass is 9.96. The fourth-order valence-electron chi connectivity index (χ4n) is 3.03. The highest BCUT2D eigenvalue weighted by atomic mass is 16.5. The maximum atomic E-state index is 12.0. The SMILES string of the molecule is CC(C)(C)c1noc(CN2CCC[C@@H]2c2nc(C(=O)NC3CC3)no2)n1. The summed E-state index contributed by atoms with van der Waals surface area (Å²) in [5.74, 6) is 1.58. The standard InChI is InChI=1S/C17H24N6O3/c1-17(2,3)16-19-12(25-22-16)9-23-8-4-5-11(23)15-20-13(21-26-15)14(24)18-10-6-7-10/h10-11H,4-9H2,1-3H3,(H,18,24)/t11-/m1/s1. The Bertz CT molecular complexity index is 789. The summed E-state index contributed by atoms with van der Waals surface area (Å²) in [6, 6.07) is 0.233. The number of nitrogens with zero attached hydrogens (tertiary/aromatic N) is 5. The third-order valence-corrected chi connectivity index (χ3v) is 4.68. The first-order chi connectivity index (χ1) is 12.4. The van der Waals surface area contributed by atoms with Crippen LogP contribution >= 0.6 is 0 Å². The maximum Gasteiger partial charge on any atom is 0.292 e. The van der Waals surface area contributed by atoms with E-state index in [0.717, 1.165) is 32.2 Å². The Labute approximate surface area is 151 Å². The molecule has 0 bridgehead atoms. The topological polar surface area (TPSA) is 110 Å². The molecule has 140 valence electrons. The van der Waals surface area contributed by atoms with Crippen LogP contribution in [0.2, 0.25) is 0 Å². The number of carbonyl (C=O) groups is 1. The second kappa shape index (κ2) is 6.46. The Kier molecular flexibility index (Phi) is 4.26. The van der Waals surface area contributed by atoms with Crippen molar-refractivity contribution in [2.45, 2.75) is 70.5 Å². The molecule has 0 radical (unpaired) electrons. The van der Waals surface area contributed by atoms with Crippen LogP contribution in [0.15, 0.2) is 9.05 Å². The van der Waals surface area contributed by atoms with Gasteiger partial charge in [-0.05, 0) is 32.2 Å². The number of hydrogen-bond donors (Lipinski definition) is 1. The number of carbonyl (C=O) groups excluding carboxylic acids is 1. The van der Waals surface area contributed by atoms with Gasteiger partial charge in [0, 0.05) is 11.5 Å². The van der Waals surface area contributed by atoms with Gasteiger partial charge in [0.25, 0.3) is 11.7 Å². The summed E-state index contributed by atoms with van der Waals surface area (Å²) in [6.45, 7) is 7.55. The van der Waals surface area contributed by atoms with Crippen molar-refractivity contribution in [2.75, 3.05) is 6.54 Å². The molecule has 9 nitrogen and oxygen atoms in total. The van der Waals surface area contributed by atoms with E-state index < -0.39 is 0 Å². The molecule has 1 saturated heterocycles. The van der Waals surface area contributed by atoms with Gasteiger partial charge < -0.3 is 14.4 Å². The van der Waals surface area contributed by atoms with E-state index in [1.165, 1.54) is 0 Å². The van der Waals surface area contributed by atoms with Crippen LogP contribution in [0.1, 0.15) is 80.7 Å². The molecule has 1 N–H and O–H groups in total. The Morgan fingerprint density at radius 3 is 2.69 bits per heavy atom. The molecule has 2 aromatic heterocycles. The molecule has 4 rings (SSSR count). The predicted molar refractivity (Wildman–Crippen MR) is 90.2 cm³/mol. The number of amides is 1. The van der Waals surface area contributed by atoms with Gasteiger partial charge in [-0.25, -0.2) is 0 Å². The molecule has 1 saturated carbocycles. The smallest absolute Gasteiger partial charge is 0.292 e. The zero-order chi connectivity index (χ0) is 18.3. The molecule has 3 heterocycles. The molecule has 1 aliphatic carbocycles. The second-order valence-electron chi connectivity index (χ2n) is 8.09. The Morgan fingerprint density at radius 2 is 2.00 bits per heavy atom. The van der Waals surface area contributed by atoms with E-state index in [2.05, 4.69) is 30.5 Å². The molecule has 0 unspecified atom stereocenters. The van der Waals surface area contributed by atoms with E-state index in [-0.39, 0.29) is 29.2 Å². The molecule has 2 aliphatic rings. The predicted octanol–water partition coefficient (Wildman–Crippen LogP) is 1.98. The zero-order valence-corrected chi connectivity index (χ0v) is 15.4. The van der Waals surface area contributed by atoms with Crippen LogP contribution in [0.5, 0.6) is 0 Å². The lowest BCUT2D eigenvalue weighted by Gasteiger charge is -2.19. The summed E-state index contributed by atoms with van der Waals surface area (Å²) < 4.78 is 10.8. The van der Waals surface area contributed by atoms with Crippen LogP contribution in [0, 0.1) is 0 Å². The highest BCUT2D eigenvalue weighted by molar-refractivity contribution is 5.90. The summed E-state index contributed by atoms with van der Waals surface area (Å²) in [7, 11) is 0. The summed E-state index contributed by atoms with van der Waals surface area (Å²) >= 11 is 0. The van der Waals surface area contributed by atoms with E-state index in [0.29, 0.717) is 24.2 Å². The first-order valence-corrected chi connectivity index (χ1v) is 9.12. The van der Waals surface area contributed by atoms with Gasteiger partial charge in [0.15, 0.2) is 5.82 Å². The monoisotopic (exact) mass is 360 g/mol. The minimum absolute atomic E-state index is 0.0324. The van der Waals surface area contributed by atoms with Gasteiger partial charge in [0.05, 0.1) is 12.6 Å². The number of likely N-dealkylation sites (tertiary alicyclic amines) is 1. The van der Waals surface area contributed by atoms with Crippen LogP contribution in [0.3, 0.4) is 0 Å². The van der Waals surface area contributed by atoms with E-state index in [9.17, 15) is 4.79 Å². The third-order valence-electron chi connectivity index (χ3n) is 4.68. The second-order valence-corrected chi connectivity index (χ2v) is 8.09. The van der Waals surface area contributed by atoms with Crippen molar-refractivity contribution in [1.82, 2.24) is 30.5 Å². The van der Waals surface area contributed by atoms with Crippen molar-refractivity contribution in [1.29, 1.82) is 0 Å². The van der Waals surface area contributed by atoms with Crippen LogP contribution in [0.4, 0.5) is 0 Å². The van der Waals surface area contributed by atoms with Gasteiger partial charge in [-0.1, -0.05) is 31.1 Å². The summed E-state index contributed by atoms with van der Waals surface area (Å²) in [6.07, 6.45) is 3.95. The summed E-state index contributed by atoms with van der Waals surface area (Å²) in [5.41, 5.74) is -0.150. The van der Waals surface area contributed by atoms with Crippen molar-refractivity contribution in [3.63, 3.8) is 0 Å².